The van der Waals surface area contributed by atoms with Gasteiger partial charge in [0.2, 0.25) is 0 Å². The Kier molecular flexibility index (Phi) is 4.36. The van der Waals surface area contributed by atoms with Gasteiger partial charge in [0.1, 0.15) is 10.7 Å². The number of rotatable bonds is 4. The fourth-order valence-electron chi connectivity index (χ4n) is 1.74. The number of halogens is 1. The summed E-state index contributed by atoms with van der Waals surface area (Å²) < 4.78 is 12.0. The van der Waals surface area contributed by atoms with Crippen molar-refractivity contribution in [1.29, 1.82) is 0 Å². The number of nitrogens with two attached hydrogens (primary N) is 1. The minimum absolute atomic E-state index is 0.351. The molecule has 1 unspecified atom stereocenters. The van der Waals surface area contributed by atoms with Crippen LogP contribution in [0.3, 0.4) is 0 Å². The molecule has 0 radical (unpaired) electrons. The van der Waals surface area contributed by atoms with Gasteiger partial charge in [0, 0.05) is 17.0 Å². The second-order valence-electron chi connectivity index (χ2n) is 4.05. The maximum absolute atomic E-state index is 5.77. The average Bonchev–Trinajstić information content (AvgIpc) is 2.80. The van der Waals surface area contributed by atoms with Crippen molar-refractivity contribution < 1.29 is 9.47 Å². The third-order valence-electron chi connectivity index (χ3n) is 2.71. The van der Waals surface area contributed by atoms with E-state index in [0.717, 1.165) is 35.4 Å². The second-order valence-corrected chi connectivity index (χ2v) is 5.40. The van der Waals surface area contributed by atoms with E-state index in [-0.39, 0.29) is 0 Å². The molecule has 0 spiro atoms. The van der Waals surface area contributed by atoms with E-state index in [2.05, 4.69) is 15.9 Å². The predicted octanol–water partition coefficient (Wildman–Crippen LogP) is 2.50. The Labute approximate surface area is 114 Å². The molecular weight excluding hydrogens is 302 g/mol. The van der Waals surface area contributed by atoms with Crippen molar-refractivity contribution in [2.24, 2.45) is 11.7 Å². The molecule has 0 aromatic heterocycles. The molecule has 1 aliphatic heterocycles. The summed E-state index contributed by atoms with van der Waals surface area (Å²) in [6, 6.07) is 5.68. The zero-order chi connectivity index (χ0) is 12.3. The van der Waals surface area contributed by atoms with Gasteiger partial charge < -0.3 is 15.2 Å². The van der Waals surface area contributed by atoms with Crippen molar-refractivity contribution in [2.45, 2.75) is 6.42 Å². The van der Waals surface area contributed by atoms with E-state index in [9.17, 15) is 0 Å². The Balaban J connectivity index is 2.06. The van der Waals surface area contributed by atoms with E-state index in [1.165, 1.54) is 0 Å². The maximum Gasteiger partial charge on any atom is 0.129 e. The third kappa shape index (κ3) is 3.40. The first-order chi connectivity index (χ1) is 8.16. The third-order valence-corrected chi connectivity index (χ3v) is 3.42. The molecular formula is C12H14BrNO2S. The molecule has 0 saturated carbocycles. The maximum atomic E-state index is 5.77. The molecule has 1 atom stereocenters. The fourth-order valence-corrected chi connectivity index (χ4v) is 2.26. The summed E-state index contributed by atoms with van der Waals surface area (Å²) in [6.07, 6.45) is 1.05. The number of thiocarbonyl (C=S) groups is 1. The number of ether oxygens (including phenoxy) is 2. The Bertz CT molecular complexity index is 419. The van der Waals surface area contributed by atoms with Crippen LogP contribution in [0.25, 0.3) is 0 Å². The van der Waals surface area contributed by atoms with Gasteiger partial charge in [0.05, 0.1) is 18.8 Å². The monoisotopic (exact) mass is 315 g/mol. The van der Waals surface area contributed by atoms with Gasteiger partial charge in [-0.25, -0.2) is 0 Å². The van der Waals surface area contributed by atoms with Crippen LogP contribution >= 0.6 is 28.1 Å². The molecule has 3 nitrogen and oxygen atoms in total. The van der Waals surface area contributed by atoms with E-state index in [1.807, 2.05) is 18.2 Å². The summed E-state index contributed by atoms with van der Waals surface area (Å²) in [7, 11) is 0. The Morgan fingerprint density at radius 3 is 3.06 bits per heavy atom. The highest BCUT2D eigenvalue weighted by molar-refractivity contribution is 9.10. The Hall–Kier alpha value is -0.650. The summed E-state index contributed by atoms with van der Waals surface area (Å²) in [6.45, 7) is 2.26. The fraction of sp³-hybridized carbons (Fsp3) is 0.417. The van der Waals surface area contributed by atoms with Crippen LogP contribution < -0.4 is 10.5 Å². The van der Waals surface area contributed by atoms with Crippen LogP contribution in [0.2, 0.25) is 0 Å². The minimum Gasteiger partial charge on any atom is -0.492 e. The summed E-state index contributed by atoms with van der Waals surface area (Å²) in [5.74, 6) is 1.21. The zero-order valence-electron chi connectivity index (χ0n) is 9.32. The quantitative estimate of drug-likeness (QED) is 0.867. The average molecular weight is 316 g/mol. The van der Waals surface area contributed by atoms with Crippen LogP contribution in [-0.2, 0) is 4.74 Å². The highest BCUT2D eigenvalue weighted by Gasteiger charge is 2.17. The van der Waals surface area contributed by atoms with Gasteiger partial charge >= 0.3 is 0 Å². The van der Waals surface area contributed by atoms with E-state index >= 15 is 0 Å². The highest BCUT2D eigenvalue weighted by Crippen LogP contribution is 2.24. The molecule has 92 valence electrons. The first-order valence-electron chi connectivity index (χ1n) is 5.46. The Morgan fingerprint density at radius 1 is 1.59 bits per heavy atom. The standard InChI is InChI=1S/C12H14BrNO2S/c13-9-1-2-11(10(5-9)12(14)17)16-7-8-3-4-15-6-8/h1-2,5,8H,3-4,6-7H2,(H2,14,17). The van der Waals surface area contributed by atoms with Gasteiger partial charge in [0.15, 0.2) is 0 Å². The summed E-state index contributed by atoms with van der Waals surface area (Å²) in [4.78, 5) is 0.351. The van der Waals surface area contributed by atoms with Gasteiger partial charge in [-0.15, -0.1) is 0 Å². The molecule has 1 saturated heterocycles. The SMILES string of the molecule is NC(=S)c1cc(Br)ccc1OCC1CCOC1. The van der Waals surface area contributed by atoms with E-state index < -0.39 is 0 Å². The molecule has 1 aliphatic rings. The summed E-state index contributed by atoms with van der Waals surface area (Å²) >= 11 is 8.40. The molecule has 2 rings (SSSR count). The number of hydrogen-bond acceptors (Lipinski definition) is 3. The van der Waals surface area contributed by atoms with Crippen LogP contribution in [0.1, 0.15) is 12.0 Å². The van der Waals surface area contributed by atoms with Crippen molar-refractivity contribution in [3.8, 4) is 5.75 Å². The van der Waals surface area contributed by atoms with Crippen molar-refractivity contribution in [2.75, 3.05) is 19.8 Å². The van der Waals surface area contributed by atoms with E-state index in [0.29, 0.717) is 17.5 Å². The van der Waals surface area contributed by atoms with Gasteiger partial charge in [0.25, 0.3) is 0 Å². The minimum atomic E-state index is 0.351. The second kappa shape index (κ2) is 5.80. The predicted molar refractivity (Wildman–Crippen MR) is 74.5 cm³/mol. The normalized spacial score (nSPS) is 19.2. The molecule has 17 heavy (non-hydrogen) atoms. The molecule has 0 bridgehead atoms. The van der Waals surface area contributed by atoms with Crippen LogP contribution in [0.15, 0.2) is 22.7 Å². The lowest BCUT2D eigenvalue weighted by molar-refractivity contribution is 0.167. The van der Waals surface area contributed by atoms with Crippen molar-refractivity contribution in [3.63, 3.8) is 0 Å². The van der Waals surface area contributed by atoms with Crippen LogP contribution in [0.4, 0.5) is 0 Å². The summed E-state index contributed by atoms with van der Waals surface area (Å²) in [5, 5.41) is 0. The molecule has 1 fully saturated rings. The molecule has 0 amide bonds. The van der Waals surface area contributed by atoms with Crippen LogP contribution in [0, 0.1) is 5.92 Å². The van der Waals surface area contributed by atoms with Gasteiger partial charge in [-0.3, -0.25) is 0 Å². The molecule has 1 aromatic rings. The molecule has 1 heterocycles. The molecule has 5 heteroatoms. The van der Waals surface area contributed by atoms with E-state index in [1.54, 1.807) is 0 Å². The topological polar surface area (TPSA) is 44.5 Å². The highest BCUT2D eigenvalue weighted by atomic mass is 79.9. The van der Waals surface area contributed by atoms with E-state index in [4.69, 9.17) is 27.4 Å². The lowest BCUT2D eigenvalue weighted by Gasteiger charge is -2.13. The van der Waals surface area contributed by atoms with Gasteiger partial charge in [-0.1, -0.05) is 28.1 Å². The first kappa shape index (κ1) is 12.8. The lowest BCUT2D eigenvalue weighted by atomic mass is 10.1. The molecule has 0 aliphatic carbocycles. The lowest BCUT2D eigenvalue weighted by Crippen LogP contribution is -2.16. The molecule has 2 N–H and O–H groups in total. The van der Waals surface area contributed by atoms with Gasteiger partial charge in [-0.05, 0) is 24.6 Å². The first-order valence-corrected chi connectivity index (χ1v) is 6.67. The van der Waals surface area contributed by atoms with Crippen molar-refractivity contribution in [1.82, 2.24) is 0 Å². The largest absolute Gasteiger partial charge is 0.492 e. The summed E-state index contributed by atoms with van der Waals surface area (Å²) in [5.41, 5.74) is 6.44. The smallest absolute Gasteiger partial charge is 0.129 e. The van der Waals surface area contributed by atoms with Gasteiger partial charge in [-0.2, -0.15) is 0 Å². The zero-order valence-corrected chi connectivity index (χ0v) is 11.7. The van der Waals surface area contributed by atoms with Crippen molar-refractivity contribution in [3.05, 3.63) is 28.2 Å². The van der Waals surface area contributed by atoms with Crippen LogP contribution in [-0.4, -0.2) is 24.8 Å². The number of benzene rings is 1. The molecule has 1 aromatic carbocycles. The Morgan fingerprint density at radius 2 is 2.41 bits per heavy atom. The van der Waals surface area contributed by atoms with Crippen LogP contribution in [0.5, 0.6) is 5.75 Å². The number of hydrogen-bond donors (Lipinski definition) is 1. The van der Waals surface area contributed by atoms with Crippen molar-refractivity contribution >= 4 is 33.1 Å².